The van der Waals surface area contributed by atoms with Crippen LogP contribution in [0.4, 0.5) is 18.9 Å². The molecule has 0 aliphatic carbocycles. The molecule has 0 aromatic heterocycles. The molecule has 0 saturated heterocycles. The third kappa shape index (κ3) is 4.02. The molecule has 0 bridgehead atoms. The normalized spacial score (nSPS) is 11.7. The topological polar surface area (TPSA) is 56.1 Å². The molecule has 0 saturated carbocycles. The first-order valence-corrected chi connectivity index (χ1v) is 5.52. The number of hydrogen-bond donors (Lipinski definition) is 1. The van der Waals surface area contributed by atoms with Crippen LogP contribution in [0.1, 0.15) is 5.56 Å². The average molecular weight is 283 g/mol. The quantitative estimate of drug-likeness (QED) is 0.863. The van der Waals surface area contributed by atoms with E-state index in [2.05, 4.69) is 5.32 Å². The summed E-state index contributed by atoms with van der Waals surface area (Å²) in [5.41, 5.74) is 0.588. The first-order chi connectivity index (χ1) is 9.25. The second kappa shape index (κ2) is 6.10. The predicted molar refractivity (Wildman–Crippen MR) is 67.6 cm³/mol. The highest BCUT2D eigenvalue weighted by atomic mass is 19.4. The Morgan fingerprint density at radius 1 is 1.35 bits per heavy atom. The van der Waals surface area contributed by atoms with Gasteiger partial charge in [0, 0.05) is 20.2 Å². The lowest BCUT2D eigenvalue weighted by Crippen LogP contribution is -2.25. The van der Waals surface area contributed by atoms with E-state index in [1.807, 2.05) is 6.07 Å². The predicted octanol–water partition coefficient (Wildman–Crippen LogP) is 2.50. The van der Waals surface area contributed by atoms with Crippen molar-refractivity contribution in [3.05, 3.63) is 41.7 Å². The molecule has 0 aliphatic heterocycles. The van der Waals surface area contributed by atoms with Gasteiger partial charge in [-0.2, -0.15) is 18.4 Å². The zero-order chi connectivity index (χ0) is 15.3. The summed E-state index contributed by atoms with van der Waals surface area (Å²) in [6.07, 6.45) is -4.48. The number of nitrogens with one attached hydrogen (secondary N) is 1. The molecule has 0 amide bonds. The molecule has 0 heterocycles. The monoisotopic (exact) mass is 283 g/mol. The highest BCUT2D eigenvalue weighted by molar-refractivity contribution is 5.95. The van der Waals surface area contributed by atoms with Crippen LogP contribution in [-0.2, 0) is 4.79 Å². The Morgan fingerprint density at radius 2 is 1.95 bits per heavy atom. The van der Waals surface area contributed by atoms with Gasteiger partial charge in [-0.3, -0.25) is 4.79 Å². The fourth-order valence-electron chi connectivity index (χ4n) is 1.31. The van der Waals surface area contributed by atoms with E-state index >= 15 is 0 Å². The minimum Gasteiger partial charge on any atom is -0.364 e. The number of para-hydroxylation sites is 1. The molecular formula is C13H12F3N3O. The number of carbonyl (C=O) groups is 1. The number of alkyl halides is 3. The summed E-state index contributed by atoms with van der Waals surface area (Å²) in [6, 6.07) is 8.21. The Labute approximate surface area is 114 Å². The molecule has 1 N–H and O–H groups in total. The van der Waals surface area contributed by atoms with Gasteiger partial charge in [-0.05, 0) is 12.1 Å². The molecule has 1 rings (SSSR count). The standard InChI is InChI=1S/C13H12F3N3O/c1-19(2)12(7-11(20)13(14,15)16)18-10-6-4-3-5-9(10)8-17/h3-7,18H,1-2H3/b12-7-. The molecule has 0 atom stereocenters. The van der Waals surface area contributed by atoms with Gasteiger partial charge in [0.05, 0.1) is 11.3 Å². The van der Waals surface area contributed by atoms with E-state index in [1.54, 1.807) is 12.1 Å². The van der Waals surface area contributed by atoms with E-state index in [9.17, 15) is 18.0 Å². The van der Waals surface area contributed by atoms with Gasteiger partial charge in [0.1, 0.15) is 11.9 Å². The molecule has 0 fully saturated rings. The first kappa shape index (κ1) is 15.6. The first-order valence-electron chi connectivity index (χ1n) is 5.52. The largest absolute Gasteiger partial charge is 0.454 e. The molecule has 7 heteroatoms. The Hall–Kier alpha value is -2.49. The van der Waals surface area contributed by atoms with E-state index in [-0.39, 0.29) is 11.4 Å². The minimum atomic E-state index is -4.93. The summed E-state index contributed by atoms with van der Waals surface area (Å²) < 4.78 is 36.8. The van der Waals surface area contributed by atoms with Gasteiger partial charge in [0.2, 0.25) is 0 Å². The Bertz CT molecular complexity index is 571. The van der Waals surface area contributed by atoms with Crippen molar-refractivity contribution in [3.8, 4) is 6.07 Å². The Morgan fingerprint density at radius 3 is 2.45 bits per heavy atom. The fraction of sp³-hybridized carbons (Fsp3) is 0.231. The second-order valence-electron chi connectivity index (χ2n) is 4.07. The molecule has 1 aromatic carbocycles. The van der Waals surface area contributed by atoms with E-state index in [0.29, 0.717) is 11.8 Å². The maximum Gasteiger partial charge on any atom is 0.454 e. The lowest BCUT2D eigenvalue weighted by atomic mass is 10.2. The third-order valence-corrected chi connectivity index (χ3v) is 2.34. The van der Waals surface area contributed by atoms with Gasteiger partial charge in [-0.15, -0.1) is 0 Å². The van der Waals surface area contributed by atoms with E-state index < -0.39 is 12.0 Å². The maximum atomic E-state index is 12.3. The molecule has 20 heavy (non-hydrogen) atoms. The highest BCUT2D eigenvalue weighted by Gasteiger charge is 2.37. The molecule has 0 unspecified atom stereocenters. The molecule has 0 spiro atoms. The van der Waals surface area contributed by atoms with Crippen LogP contribution in [0.2, 0.25) is 0 Å². The minimum absolute atomic E-state index is 0.0602. The highest BCUT2D eigenvalue weighted by Crippen LogP contribution is 2.20. The summed E-state index contributed by atoms with van der Waals surface area (Å²) in [5, 5.41) is 11.6. The molecule has 1 aromatic rings. The van der Waals surface area contributed by atoms with Crippen molar-refractivity contribution in [2.75, 3.05) is 19.4 Å². The van der Waals surface area contributed by atoms with Gasteiger partial charge in [-0.1, -0.05) is 12.1 Å². The number of ketones is 1. The van der Waals surface area contributed by atoms with Gasteiger partial charge < -0.3 is 10.2 Å². The summed E-state index contributed by atoms with van der Waals surface area (Å²) >= 11 is 0. The molecular weight excluding hydrogens is 271 g/mol. The lowest BCUT2D eigenvalue weighted by molar-refractivity contribution is -0.165. The lowest BCUT2D eigenvalue weighted by Gasteiger charge is -2.19. The van der Waals surface area contributed by atoms with Crippen LogP contribution < -0.4 is 5.32 Å². The van der Waals surface area contributed by atoms with Crippen LogP contribution in [0.15, 0.2) is 36.2 Å². The summed E-state index contributed by atoms with van der Waals surface area (Å²) in [7, 11) is 2.97. The van der Waals surface area contributed by atoms with Crippen molar-refractivity contribution in [2.24, 2.45) is 0 Å². The average Bonchev–Trinajstić information content (AvgIpc) is 2.37. The smallest absolute Gasteiger partial charge is 0.364 e. The summed E-state index contributed by atoms with van der Waals surface area (Å²) in [6.45, 7) is 0. The van der Waals surface area contributed by atoms with Crippen LogP contribution in [0, 0.1) is 11.3 Å². The zero-order valence-corrected chi connectivity index (χ0v) is 10.8. The van der Waals surface area contributed by atoms with E-state index in [1.165, 1.54) is 31.1 Å². The molecule has 0 radical (unpaired) electrons. The molecule has 106 valence electrons. The third-order valence-electron chi connectivity index (χ3n) is 2.34. The SMILES string of the molecule is CN(C)/C(=C\C(=O)C(F)(F)F)Nc1ccccc1C#N. The number of hydrogen-bond acceptors (Lipinski definition) is 4. The van der Waals surface area contributed by atoms with Crippen LogP contribution in [0.5, 0.6) is 0 Å². The van der Waals surface area contributed by atoms with Crippen LogP contribution in [0.3, 0.4) is 0 Å². The van der Waals surface area contributed by atoms with Gasteiger partial charge >= 0.3 is 6.18 Å². The van der Waals surface area contributed by atoms with Crippen LogP contribution in [-0.4, -0.2) is 31.0 Å². The van der Waals surface area contributed by atoms with E-state index in [4.69, 9.17) is 5.26 Å². The number of halogens is 3. The fourth-order valence-corrected chi connectivity index (χ4v) is 1.31. The number of anilines is 1. The maximum absolute atomic E-state index is 12.3. The van der Waals surface area contributed by atoms with Gasteiger partial charge in [0.25, 0.3) is 5.78 Å². The van der Waals surface area contributed by atoms with Crippen molar-refractivity contribution in [1.29, 1.82) is 5.26 Å². The van der Waals surface area contributed by atoms with Crippen molar-refractivity contribution >= 4 is 11.5 Å². The summed E-state index contributed by atoms with van der Waals surface area (Å²) in [4.78, 5) is 12.3. The molecule has 0 aliphatic rings. The summed E-state index contributed by atoms with van der Waals surface area (Å²) in [5.74, 6) is -2.03. The van der Waals surface area contributed by atoms with Crippen LogP contribution in [0.25, 0.3) is 0 Å². The van der Waals surface area contributed by atoms with E-state index in [0.717, 1.165) is 0 Å². The van der Waals surface area contributed by atoms with Crippen molar-refractivity contribution in [3.63, 3.8) is 0 Å². The number of carbonyl (C=O) groups excluding carboxylic acids is 1. The number of benzene rings is 1. The second-order valence-corrected chi connectivity index (χ2v) is 4.07. The Kier molecular flexibility index (Phi) is 4.75. The molecule has 4 nitrogen and oxygen atoms in total. The number of nitriles is 1. The Balaban J connectivity index is 3.09. The van der Waals surface area contributed by atoms with Crippen molar-refractivity contribution in [2.45, 2.75) is 6.18 Å². The van der Waals surface area contributed by atoms with Crippen molar-refractivity contribution < 1.29 is 18.0 Å². The number of rotatable bonds is 4. The number of nitrogens with zero attached hydrogens (tertiary/aromatic N) is 2. The van der Waals surface area contributed by atoms with Crippen LogP contribution >= 0.6 is 0 Å². The van der Waals surface area contributed by atoms with Gasteiger partial charge in [-0.25, -0.2) is 0 Å². The van der Waals surface area contributed by atoms with Gasteiger partial charge in [0.15, 0.2) is 0 Å². The zero-order valence-electron chi connectivity index (χ0n) is 10.8. The van der Waals surface area contributed by atoms with Crippen molar-refractivity contribution in [1.82, 2.24) is 4.90 Å². The number of allylic oxidation sites excluding steroid dienone is 1.